The van der Waals surface area contributed by atoms with Crippen LogP contribution in [-0.4, -0.2) is 39.5 Å². The van der Waals surface area contributed by atoms with Gasteiger partial charge in [-0.05, 0) is 49.8 Å². The van der Waals surface area contributed by atoms with Crippen LogP contribution in [0.3, 0.4) is 0 Å². The maximum atomic E-state index is 12.3. The van der Waals surface area contributed by atoms with Gasteiger partial charge in [-0.1, -0.05) is 30.3 Å². The normalized spacial score (nSPS) is 17.0. The first kappa shape index (κ1) is 21.0. The summed E-state index contributed by atoms with van der Waals surface area (Å²) in [6.07, 6.45) is 5.08. The predicted molar refractivity (Wildman–Crippen MR) is 119 cm³/mol. The molecule has 9 heteroatoms. The van der Waals surface area contributed by atoms with Gasteiger partial charge in [0.2, 0.25) is 11.9 Å². The Morgan fingerprint density at radius 3 is 2.73 bits per heavy atom. The first-order chi connectivity index (χ1) is 14.5. The second-order valence-electron chi connectivity index (χ2n) is 8.01. The van der Waals surface area contributed by atoms with Crippen LogP contribution < -0.4 is 10.2 Å². The molecule has 0 bridgehead atoms. The molecule has 2 aromatic rings. The van der Waals surface area contributed by atoms with Crippen molar-refractivity contribution in [3.8, 4) is 6.07 Å². The van der Waals surface area contributed by atoms with E-state index in [0.717, 1.165) is 30.1 Å². The highest BCUT2D eigenvalue weighted by Gasteiger charge is 2.32. The molecule has 158 valence electrons. The molecule has 30 heavy (non-hydrogen) atoms. The molecule has 2 heterocycles. The van der Waals surface area contributed by atoms with Crippen molar-refractivity contribution in [1.82, 2.24) is 14.8 Å². The van der Waals surface area contributed by atoms with Crippen LogP contribution in [0, 0.1) is 17.2 Å². The number of thioether (sulfide) groups is 1. The van der Waals surface area contributed by atoms with Crippen molar-refractivity contribution in [1.29, 1.82) is 5.26 Å². The molecule has 1 aliphatic carbocycles. The molecule has 1 aromatic heterocycles. The SMILES string of the molecule is CC1CCN(c2nnc(SCCC(=O)Nc3ccc(C#N)c(Cl)c3)n2C2CC2)CC1. The molecular formula is C21H25ClN6OS. The van der Waals surface area contributed by atoms with Gasteiger partial charge in [0.25, 0.3) is 0 Å². The second kappa shape index (κ2) is 9.27. The summed E-state index contributed by atoms with van der Waals surface area (Å²) in [5, 5.41) is 21.9. The monoisotopic (exact) mass is 444 g/mol. The van der Waals surface area contributed by atoms with Crippen molar-refractivity contribution in [2.75, 3.05) is 29.1 Å². The molecule has 0 spiro atoms. The molecule has 1 saturated heterocycles. The summed E-state index contributed by atoms with van der Waals surface area (Å²) in [4.78, 5) is 14.7. The molecule has 2 aliphatic rings. The van der Waals surface area contributed by atoms with Crippen LogP contribution in [-0.2, 0) is 4.79 Å². The van der Waals surface area contributed by atoms with Crippen LogP contribution in [0.15, 0.2) is 23.4 Å². The highest BCUT2D eigenvalue weighted by atomic mass is 35.5. The first-order valence-electron chi connectivity index (χ1n) is 10.4. The van der Waals surface area contributed by atoms with E-state index in [9.17, 15) is 4.79 Å². The molecule has 1 aliphatic heterocycles. The lowest BCUT2D eigenvalue weighted by Crippen LogP contribution is -2.34. The van der Waals surface area contributed by atoms with E-state index in [1.165, 1.54) is 25.7 Å². The molecular weight excluding hydrogens is 420 g/mol. The number of hydrogen-bond acceptors (Lipinski definition) is 6. The minimum Gasteiger partial charge on any atom is -0.341 e. The van der Waals surface area contributed by atoms with Gasteiger partial charge in [0.05, 0.1) is 10.6 Å². The van der Waals surface area contributed by atoms with E-state index in [0.29, 0.717) is 34.5 Å². The highest BCUT2D eigenvalue weighted by molar-refractivity contribution is 7.99. The predicted octanol–water partition coefficient (Wildman–Crippen LogP) is 4.50. The summed E-state index contributed by atoms with van der Waals surface area (Å²) < 4.78 is 2.28. The summed E-state index contributed by atoms with van der Waals surface area (Å²) >= 11 is 7.61. The zero-order chi connectivity index (χ0) is 21.1. The lowest BCUT2D eigenvalue weighted by atomic mass is 10.00. The van der Waals surface area contributed by atoms with E-state index in [1.54, 1.807) is 30.0 Å². The zero-order valence-corrected chi connectivity index (χ0v) is 18.5. The number of carbonyl (C=O) groups excluding carboxylic acids is 1. The molecule has 0 radical (unpaired) electrons. The van der Waals surface area contributed by atoms with Gasteiger partial charge >= 0.3 is 0 Å². The van der Waals surface area contributed by atoms with Crippen LogP contribution in [0.5, 0.6) is 0 Å². The Bertz CT molecular complexity index is 959. The fourth-order valence-corrected chi connectivity index (χ4v) is 4.75. The van der Waals surface area contributed by atoms with Crippen molar-refractivity contribution in [2.45, 2.75) is 50.2 Å². The van der Waals surface area contributed by atoms with Gasteiger partial charge in [-0.3, -0.25) is 9.36 Å². The van der Waals surface area contributed by atoms with Crippen LogP contribution in [0.25, 0.3) is 0 Å². The number of piperidine rings is 1. The number of nitrogens with one attached hydrogen (secondary N) is 1. The molecule has 0 unspecified atom stereocenters. The van der Waals surface area contributed by atoms with Crippen molar-refractivity contribution in [3.05, 3.63) is 28.8 Å². The molecule has 1 N–H and O–H groups in total. The fraction of sp³-hybridized carbons (Fsp3) is 0.524. The van der Waals surface area contributed by atoms with Gasteiger partial charge in [-0.15, -0.1) is 10.2 Å². The number of halogens is 1. The van der Waals surface area contributed by atoms with E-state index in [-0.39, 0.29) is 5.91 Å². The number of anilines is 2. The lowest BCUT2D eigenvalue weighted by Gasteiger charge is -2.31. The summed E-state index contributed by atoms with van der Waals surface area (Å²) in [5.74, 6) is 2.30. The van der Waals surface area contributed by atoms with E-state index in [1.807, 2.05) is 6.07 Å². The van der Waals surface area contributed by atoms with Gasteiger partial charge in [-0.2, -0.15) is 5.26 Å². The molecule has 4 rings (SSSR count). The Hall–Kier alpha value is -2.24. The van der Waals surface area contributed by atoms with Crippen molar-refractivity contribution >= 4 is 40.9 Å². The van der Waals surface area contributed by atoms with Crippen LogP contribution in [0.2, 0.25) is 5.02 Å². The van der Waals surface area contributed by atoms with E-state index < -0.39 is 0 Å². The maximum Gasteiger partial charge on any atom is 0.228 e. The summed E-state index contributed by atoms with van der Waals surface area (Å²) in [7, 11) is 0. The summed E-state index contributed by atoms with van der Waals surface area (Å²) in [6.45, 7) is 4.37. The van der Waals surface area contributed by atoms with Crippen molar-refractivity contribution in [2.24, 2.45) is 5.92 Å². The second-order valence-corrected chi connectivity index (χ2v) is 9.48. The van der Waals surface area contributed by atoms with Gasteiger partial charge in [0.15, 0.2) is 5.16 Å². The van der Waals surface area contributed by atoms with Gasteiger partial charge in [-0.25, -0.2) is 0 Å². The largest absolute Gasteiger partial charge is 0.341 e. The summed E-state index contributed by atoms with van der Waals surface area (Å²) in [6, 6.07) is 7.39. The number of benzene rings is 1. The standard InChI is InChI=1S/C21H25ClN6OS/c1-14-6-9-27(10-7-14)20-25-26-21(28(20)17-4-5-17)30-11-8-19(29)24-16-3-2-15(13-23)18(22)12-16/h2-3,12,14,17H,4-11H2,1H3,(H,24,29). The van der Waals surface area contributed by atoms with Crippen molar-refractivity contribution < 1.29 is 4.79 Å². The Labute approximate surface area is 185 Å². The molecule has 1 saturated carbocycles. The number of nitrogens with zero attached hydrogens (tertiary/aromatic N) is 5. The molecule has 1 amide bonds. The van der Waals surface area contributed by atoms with Gasteiger partial charge in [0.1, 0.15) is 6.07 Å². The quantitative estimate of drug-likeness (QED) is 0.633. The Kier molecular flexibility index (Phi) is 6.49. The van der Waals surface area contributed by atoms with Gasteiger partial charge in [0, 0.05) is 37.0 Å². The molecule has 7 nitrogen and oxygen atoms in total. The Balaban J connectivity index is 1.33. The van der Waals surface area contributed by atoms with Gasteiger partial charge < -0.3 is 10.2 Å². The lowest BCUT2D eigenvalue weighted by molar-refractivity contribution is -0.115. The average molecular weight is 445 g/mol. The minimum absolute atomic E-state index is 0.0917. The Morgan fingerprint density at radius 2 is 2.07 bits per heavy atom. The number of carbonyl (C=O) groups is 1. The van der Waals surface area contributed by atoms with E-state index in [2.05, 4.69) is 31.9 Å². The topological polar surface area (TPSA) is 86.8 Å². The minimum atomic E-state index is -0.0917. The molecule has 0 atom stereocenters. The maximum absolute atomic E-state index is 12.3. The molecule has 1 aromatic carbocycles. The Morgan fingerprint density at radius 1 is 1.30 bits per heavy atom. The van der Waals surface area contributed by atoms with Crippen LogP contribution in [0.4, 0.5) is 11.6 Å². The third-order valence-electron chi connectivity index (χ3n) is 5.56. The smallest absolute Gasteiger partial charge is 0.228 e. The number of nitriles is 1. The summed E-state index contributed by atoms with van der Waals surface area (Å²) in [5.41, 5.74) is 0.986. The first-order valence-corrected chi connectivity index (χ1v) is 11.7. The van der Waals surface area contributed by atoms with Crippen LogP contribution >= 0.6 is 23.4 Å². The van der Waals surface area contributed by atoms with E-state index in [4.69, 9.17) is 16.9 Å². The average Bonchev–Trinajstić information content (AvgIpc) is 3.48. The van der Waals surface area contributed by atoms with Crippen molar-refractivity contribution in [3.63, 3.8) is 0 Å². The number of hydrogen-bond donors (Lipinski definition) is 1. The number of aromatic nitrogens is 3. The third kappa shape index (κ3) is 4.90. The fourth-order valence-electron chi connectivity index (χ4n) is 3.59. The zero-order valence-electron chi connectivity index (χ0n) is 17.0. The van der Waals surface area contributed by atoms with Crippen LogP contribution in [0.1, 0.15) is 50.6 Å². The highest BCUT2D eigenvalue weighted by Crippen LogP contribution is 2.41. The number of rotatable bonds is 7. The third-order valence-corrected chi connectivity index (χ3v) is 6.82. The number of amides is 1. The van der Waals surface area contributed by atoms with E-state index >= 15 is 0 Å². The molecule has 2 fully saturated rings.